The van der Waals surface area contributed by atoms with Crippen LogP contribution >= 0.6 is 11.6 Å². The van der Waals surface area contributed by atoms with E-state index in [2.05, 4.69) is 10.6 Å². The zero-order valence-corrected chi connectivity index (χ0v) is 14.5. The number of amides is 2. The summed E-state index contributed by atoms with van der Waals surface area (Å²) >= 11 is 5.80. The number of halogens is 1. The molecule has 0 saturated heterocycles. The standard InChI is InChI=1S/C16H24ClN3O3/c1-4-18-16(22)12(2)19-15(21)11-20(3)9-10-23-14-7-5-13(17)6-8-14/h5-8,12H,4,9-11H2,1-3H3,(H,18,22)(H,19,21)/t12-/m1/s1. The molecular formula is C16H24ClN3O3. The van der Waals surface area contributed by atoms with Crippen LogP contribution in [0.15, 0.2) is 24.3 Å². The van der Waals surface area contributed by atoms with Crippen molar-refractivity contribution in [2.45, 2.75) is 19.9 Å². The number of likely N-dealkylation sites (N-methyl/N-ethyl adjacent to an activating group) is 2. The molecule has 6 nitrogen and oxygen atoms in total. The van der Waals surface area contributed by atoms with E-state index >= 15 is 0 Å². The van der Waals surface area contributed by atoms with Gasteiger partial charge in [-0.15, -0.1) is 0 Å². The van der Waals surface area contributed by atoms with Gasteiger partial charge in [0.2, 0.25) is 11.8 Å². The quantitative estimate of drug-likeness (QED) is 0.710. The van der Waals surface area contributed by atoms with Crippen molar-refractivity contribution in [3.05, 3.63) is 29.3 Å². The maximum absolute atomic E-state index is 11.9. The van der Waals surface area contributed by atoms with E-state index in [1.165, 1.54) is 0 Å². The fraction of sp³-hybridized carbons (Fsp3) is 0.500. The molecule has 23 heavy (non-hydrogen) atoms. The zero-order chi connectivity index (χ0) is 17.2. The number of rotatable bonds is 9. The summed E-state index contributed by atoms with van der Waals surface area (Å²) in [6.07, 6.45) is 0. The number of nitrogens with one attached hydrogen (secondary N) is 2. The molecule has 2 amide bonds. The van der Waals surface area contributed by atoms with Crippen LogP contribution in [0, 0.1) is 0 Å². The predicted octanol–water partition coefficient (Wildman–Crippen LogP) is 1.29. The first kappa shape index (κ1) is 19.3. The Morgan fingerprint density at radius 1 is 1.30 bits per heavy atom. The molecule has 0 radical (unpaired) electrons. The van der Waals surface area contributed by atoms with Crippen LogP contribution in [0.2, 0.25) is 5.02 Å². The Morgan fingerprint density at radius 3 is 2.57 bits per heavy atom. The van der Waals surface area contributed by atoms with Crippen molar-refractivity contribution in [3.63, 3.8) is 0 Å². The highest BCUT2D eigenvalue weighted by molar-refractivity contribution is 6.30. The van der Waals surface area contributed by atoms with Crippen LogP contribution in [0.5, 0.6) is 5.75 Å². The smallest absolute Gasteiger partial charge is 0.242 e. The summed E-state index contributed by atoms with van der Waals surface area (Å²) in [6.45, 7) is 5.28. The molecule has 0 aliphatic carbocycles. The Morgan fingerprint density at radius 2 is 1.96 bits per heavy atom. The summed E-state index contributed by atoms with van der Waals surface area (Å²) in [4.78, 5) is 25.2. The van der Waals surface area contributed by atoms with Crippen LogP contribution < -0.4 is 15.4 Å². The number of ether oxygens (including phenoxy) is 1. The summed E-state index contributed by atoms with van der Waals surface area (Å²) in [6, 6.07) is 6.57. The third-order valence-corrected chi connectivity index (χ3v) is 3.34. The highest BCUT2D eigenvalue weighted by Crippen LogP contribution is 2.15. The predicted molar refractivity (Wildman–Crippen MR) is 90.7 cm³/mol. The summed E-state index contributed by atoms with van der Waals surface area (Å²) < 4.78 is 5.57. The minimum Gasteiger partial charge on any atom is -0.492 e. The second-order valence-electron chi connectivity index (χ2n) is 5.22. The van der Waals surface area contributed by atoms with Gasteiger partial charge in [-0.2, -0.15) is 0 Å². The summed E-state index contributed by atoms with van der Waals surface area (Å²) in [5.41, 5.74) is 0. The van der Waals surface area contributed by atoms with E-state index in [9.17, 15) is 9.59 Å². The van der Waals surface area contributed by atoms with Gasteiger partial charge in [-0.1, -0.05) is 11.6 Å². The van der Waals surface area contributed by atoms with Crippen LogP contribution in [0.3, 0.4) is 0 Å². The van der Waals surface area contributed by atoms with Gasteiger partial charge >= 0.3 is 0 Å². The second-order valence-corrected chi connectivity index (χ2v) is 5.66. The molecule has 0 heterocycles. The molecule has 0 aromatic heterocycles. The SMILES string of the molecule is CCNC(=O)[C@@H](C)NC(=O)CN(C)CCOc1ccc(Cl)cc1. The summed E-state index contributed by atoms with van der Waals surface area (Å²) in [7, 11) is 1.82. The molecule has 0 saturated carbocycles. The Bertz CT molecular complexity index is 508. The largest absolute Gasteiger partial charge is 0.492 e. The van der Waals surface area contributed by atoms with Crippen molar-refractivity contribution >= 4 is 23.4 Å². The van der Waals surface area contributed by atoms with Gasteiger partial charge < -0.3 is 15.4 Å². The number of hydrogen-bond acceptors (Lipinski definition) is 4. The molecule has 0 aliphatic rings. The lowest BCUT2D eigenvalue weighted by atomic mass is 10.3. The number of nitrogens with zero attached hydrogens (tertiary/aromatic N) is 1. The van der Waals surface area contributed by atoms with E-state index in [0.717, 1.165) is 5.75 Å². The Kier molecular flexibility index (Phi) is 8.43. The lowest BCUT2D eigenvalue weighted by molar-refractivity contribution is -0.129. The summed E-state index contributed by atoms with van der Waals surface area (Å²) in [5, 5.41) is 5.98. The van der Waals surface area contributed by atoms with Crippen LogP contribution in [0.4, 0.5) is 0 Å². The van der Waals surface area contributed by atoms with E-state index in [1.807, 2.05) is 18.9 Å². The normalized spacial score (nSPS) is 11.9. The lowest BCUT2D eigenvalue weighted by Gasteiger charge is -2.18. The van der Waals surface area contributed by atoms with Crippen molar-refractivity contribution in [1.82, 2.24) is 15.5 Å². The Hall–Kier alpha value is -1.79. The third kappa shape index (κ3) is 7.85. The summed E-state index contributed by atoms with van der Waals surface area (Å²) in [5.74, 6) is 0.351. The van der Waals surface area contributed by atoms with Crippen LogP contribution in [-0.2, 0) is 9.59 Å². The van der Waals surface area contributed by atoms with E-state index in [1.54, 1.807) is 31.2 Å². The van der Waals surface area contributed by atoms with E-state index in [0.29, 0.717) is 24.7 Å². The number of carbonyl (C=O) groups excluding carboxylic acids is 2. The van der Waals surface area contributed by atoms with Gasteiger partial charge in [0.1, 0.15) is 18.4 Å². The first-order chi connectivity index (χ1) is 10.9. The van der Waals surface area contributed by atoms with Crippen LogP contribution in [0.25, 0.3) is 0 Å². The zero-order valence-electron chi connectivity index (χ0n) is 13.8. The minimum absolute atomic E-state index is 0.186. The van der Waals surface area contributed by atoms with Gasteiger partial charge in [-0.05, 0) is 45.2 Å². The maximum Gasteiger partial charge on any atom is 0.242 e. The van der Waals surface area contributed by atoms with Gasteiger partial charge in [-0.25, -0.2) is 0 Å². The molecule has 0 unspecified atom stereocenters. The number of benzene rings is 1. The van der Waals surface area contributed by atoms with Crippen LogP contribution in [0.1, 0.15) is 13.8 Å². The highest BCUT2D eigenvalue weighted by Gasteiger charge is 2.15. The van der Waals surface area contributed by atoms with Gasteiger partial charge in [0.15, 0.2) is 0 Å². The third-order valence-electron chi connectivity index (χ3n) is 3.09. The van der Waals surface area contributed by atoms with Crippen LogP contribution in [-0.4, -0.2) is 56.0 Å². The molecule has 1 atom stereocenters. The fourth-order valence-corrected chi connectivity index (χ4v) is 1.98. The fourth-order valence-electron chi connectivity index (χ4n) is 1.85. The molecule has 1 aromatic rings. The molecule has 0 fully saturated rings. The average molecular weight is 342 g/mol. The topological polar surface area (TPSA) is 70.7 Å². The maximum atomic E-state index is 11.9. The van der Waals surface area contributed by atoms with E-state index in [-0.39, 0.29) is 18.4 Å². The molecule has 7 heteroatoms. The molecule has 1 aromatic carbocycles. The molecule has 0 aliphatic heterocycles. The first-order valence-electron chi connectivity index (χ1n) is 7.56. The molecule has 0 bridgehead atoms. The number of carbonyl (C=O) groups is 2. The molecular weight excluding hydrogens is 318 g/mol. The molecule has 0 spiro atoms. The molecule has 128 valence electrons. The average Bonchev–Trinajstić information content (AvgIpc) is 2.49. The second kappa shape index (κ2) is 10.1. The number of hydrogen-bond donors (Lipinski definition) is 2. The monoisotopic (exact) mass is 341 g/mol. The van der Waals surface area contributed by atoms with Gasteiger partial charge in [-0.3, -0.25) is 14.5 Å². The Balaban J connectivity index is 2.24. The lowest BCUT2D eigenvalue weighted by Crippen LogP contribution is -2.47. The van der Waals surface area contributed by atoms with Crippen molar-refractivity contribution in [2.75, 3.05) is 33.3 Å². The van der Waals surface area contributed by atoms with Crippen molar-refractivity contribution in [1.29, 1.82) is 0 Å². The van der Waals surface area contributed by atoms with Gasteiger partial charge in [0, 0.05) is 18.1 Å². The van der Waals surface area contributed by atoms with Crippen molar-refractivity contribution in [2.24, 2.45) is 0 Å². The van der Waals surface area contributed by atoms with Gasteiger partial charge in [0.25, 0.3) is 0 Å². The molecule has 2 N–H and O–H groups in total. The minimum atomic E-state index is -0.541. The van der Waals surface area contributed by atoms with E-state index < -0.39 is 6.04 Å². The highest BCUT2D eigenvalue weighted by atomic mass is 35.5. The first-order valence-corrected chi connectivity index (χ1v) is 7.94. The van der Waals surface area contributed by atoms with Crippen molar-refractivity contribution in [3.8, 4) is 5.75 Å². The molecule has 1 rings (SSSR count). The van der Waals surface area contributed by atoms with Gasteiger partial charge in [0.05, 0.1) is 6.54 Å². The van der Waals surface area contributed by atoms with E-state index in [4.69, 9.17) is 16.3 Å². The Labute approximate surface area is 142 Å². The van der Waals surface area contributed by atoms with Crippen molar-refractivity contribution < 1.29 is 14.3 Å².